The van der Waals surface area contributed by atoms with Crippen LogP contribution in [0.3, 0.4) is 0 Å². The highest BCUT2D eigenvalue weighted by Crippen LogP contribution is 2.38. The van der Waals surface area contributed by atoms with Gasteiger partial charge in [0.1, 0.15) is 11.7 Å². The van der Waals surface area contributed by atoms with Crippen LogP contribution in [0.5, 0.6) is 5.75 Å². The monoisotopic (exact) mass is 512 g/mol. The minimum Gasteiger partial charge on any atom is -0.484 e. The number of ether oxygens (including phenoxy) is 2. The average Bonchev–Trinajstić information content (AvgIpc) is 2.78. The summed E-state index contributed by atoms with van der Waals surface area (Å²) in [7, 11) is 0. The third kappa shape index (κ3) is 8.00. The topological polar surface area (TPSA) is 72.8 Å². The van der Waals surface area contributed by atoms with Crippen LogP contribution in [0.25, 0.3) is 0 Å². The van der Waals surface area contributed by atoms with Crippen molar-refractivity contribution in [1.82, 2.24) is 0 Å². The van der Waals surface area contributed by atoms with E-state index in [0.29, 0.717) is 22.4 Å². The summed E-state index contributed by atoms with van der Waals surface area (Å²) >= 11 is 1.37. The number of alkyl halides is 3. The first kappa shape index (κ1) is 28.7. The van der Waals surface area contributed by atoms with Gasteiger partial charge in [0.25, 0.3) is 0 Å². The second kappa shape index (κ2) is 11.9. The largest absolute Gasteiger partial charge is 0.484 e. The molecule has 0 spiro atoms. The van der Waals surface area contributed by atoms with Crippen molar-refractivity contribution in [1.29, 1.82) is 0 Å². The van der Waals surface area contributed by atoms with Crippen molar-refractivity contribution < 1.29 is 37.3 Å². The first-order chi connectivity index (χ1) is 16.3. The maximum atomic E-state index is 13.7. The number of ketones is 1. The van der Waals surface area contributed by atoms with Gasteiger partial charge in [-0.3, -0.25) is 9.59 Å². The number of hydrogen-bond donors (Lipinski definition) is 1. The molecular weight excluding hydrogens is 481 g/mol. The zero-order valence-electron chi connectivity index (χ0n) is 20.5. The normalized spacial score (nSPS) is 12.8. The summed E-state index contributed by atoms with van der Waals surface area (Å²) in [5.74, 6) is -1.78. The van der Waals surface area contributed by atoms with Gasteiger partial charge in [0.2, 0.25) is 0 Å². The van der Waals surface area contributed by atoms with Gasteiger partial charge < -0.3 is 14.6 Å². The molecule has 9 heteroatoms. The van der Waals surface area contributed by atoms with Crippen molar-refractivity contribution in [3.8, 4) is 5.75 Å². The van der Waals surface area contributed by atoms with E-state index in [9.17, 15) is 27.9 Å². The van der Waals surface area contributed by atoms with E-state index in [0.717, 1.165) is 11.1 Å². The van der Waals surface area contributed by atoms with Crippen molar-refractivity contribution in [2.75, 3.05) is 13.2 Å². The summed E-state index contributed by atoms with van der Waals surface area (Å²) in [6, 6.07) is 10.2. The Morgan fingerprint density at radius 2 is 1.57 bits per heavy atom. The number of carbonyl (C=O) groups is 2. The standard InChI is InChI=1S/C26H31F3O5S/c1-6-33-24(32)22(21-16(2)11-20(12-17(21)3)34-15-26(27,28)29)23(31)25(4,5)35-14-19-9-7-18(13-30)8-10-19/h7-12,22,30H,6,13-15H2,1-5H3. The number of carbonyl (C=O) groups excluding carboxylic acids is 2. The SMILES string of the molecule is CCOC(=O)C(C(=O)C(C)(C)SCc1ccc(CO)cc1)c1c(C)cc(OCC(F)(F)F)cc1C. The van der Waals surface area contributed by atoms with Crippen LogP contribution in [0, 0.1) is 13.8 Å². The molecule has 2 rings (SSSR count). The summed E-state index contributed by atoms with van der Waals surface area (Å²) in [5, 5.41) is 9.20. The maximum absolute atomic E-state index is 13.7. The van der Waals surface area contributed by atoms with Gasteiger partial charge >= 0.3 is 12.1 Å². The second-order valence-corrected chi connectivity index (χ2v) is 10.3. The van der Waals surface area contributed by atoms with Crippen LogP contribution in [0.15, 0.2) is 36.4 Å². The van der Waals surface area contributed by atoms with Crippen molar-refractivity contribution >= 4 is 23.5 Å². The maximum Gasteiger partial charge on any atom is 0.422 e. The van der Waals surface area contributed by atoms with Crippen LogP contribution in [-0.4, -0.2) is 41.0 Å². The van der Waals surface area contributed by atoms with E-state index in [1.807, 2.05) is 12.1 Å². The van der Waals surface area contributed by atoms with Crippen LogP contribution >= 0.6 is 11.8 Å². The Kier molecular flexibility index (Phi) is 9.80. The summed E-state index contributed by atoms with van der Waals surface area (Å²) in [5.41, 5.74) is 3.08. The fourth-order valence-corrected chi connectivity index (χ4v) is 4.62. The third-order valence-corrected chi connectivity index (χ3v) is 6.84. The molecule has 0 aliphatic heterocycles. The van der Waals surface area contributed by atoms with Crippen molar-refractivity contribution in [3.63, 3.8) is 0 Å². The molecule has 0 amide bonds. The van der Waals surface area contributed by atoms with Crippen LogP contribution in [0.2, 0.25) is 0 Å². The number of rotatable bonds is 11. The molecule has 0 saturated heterocycles. The number of benzene rings is 2. The second-order valence-electron chi connectivity index (χ2n) is 8.70. The van der Waals surface area contributed by atoms with Crippen LogP contribution in [0.1, 0.15) is 54.5 Å². The third-order valence-electron chi connectivity index (χ3n) is 5.44. The molecule has 35 heavy (non-hydrogen) atoms. The molecule has 1 unspecified atom stereocenters. The molecule has 5 nitrogen and oxygen atoms in total. The first-order valence-corrected chi connectivity index (χ1v) is 12.1. The molecule has 0 radical (unpaired) electrons. The van der Waals surface area contributed by atoms with E-state index in [1.54, 1.807) is 46.8 Å². The molecule has 0 aliphatic carbocycles. The molecule has 192 valence electrons. The zero-order valence-corrected chi connectivity index (χ0v) is 21.3. The van der Waals surface area contributed by atoms with Gasteiger partial charge in [-0.1, -0.05) is 24.3 Å². The smallest absolute Gasteiger partial charge is 0.422 e. The number of aryl methyl sites for hydroxylation is 2. The predicted molar refractivity (Wildman–Crippen MR) is 130 cm³/mol. The molecule has 0 bridgehead atoms. The van der Waals surface area contributed by atoms with E-state index in [4.69, 9.17) is 9.47 Å². The number of aliphatic hydroxyl groups excluding tert-OH is 1. The lowest BCUT2D eigenvalue weighted by Gasteiger charge is -2.29. The fourth-order valence-electron chi connectivity index (χ4n) is 3.64. The first-order valence-electron chi connectivity index (χ1n) is 11.1. The molecule has 1 atom stereocenters. The number of thioether (sulfide) groups is 1. The van der Waals surface area contributed by atoms with Gasteiger partial charge in [0.05, 0.1) is 18.0 Å². The average molecular weight is 513 g/mol. The molecule has 0 aromatic heterocycles. The molecule has 1 N–H and O–H groups in total. The van der Waals surface area contributed by atoms with Crippen molar-refractivity contribution in [3.05, 3.63) is 64.2 Å². The number of hydrogen-bond acceptors (Lipinski definition) is 6. The van der Waals surface area contributed by atoms with Gasteiger partial charge in [0.15, 0.2) is 12.4 Å². The zero-order chi connectivity index (χ0) is 26.4. The molecule has 0 aliphatic rings. The van der Waals surface area contributed by atoms with Crippen molar-refractivity contribution in [2.24, 2.45) is 0 Å². The van der Waals surface area contributed by atoms with E-state index in [1.165, 1.54) is 23.9 Å². The molecule has 0 heterocycles. The highest BCUT2D eigenvalue weighted by Gasteiger charge is 2.41. The Labute approximate surface area is 208 Å². The van der Waals surface area contributed by atoms with Crippen LogP contribution < -0.4 is 4.74 Å². The highest BCUT2D eigenvalue weighted by atomic mass is 32.2. The molecule has 2 aromatic rings. The van der Waals surface area contributed by atoms with Crippen LogP contribution in [-0.2, 0) is 26.7 Å². The number of halogens is 3. The summed E-state index contributed by atoms with van der Waals surface area (Å²) in [4.78, 5) is 26.7. The van der Waals surface area contributed by atoms with Gasteiger partial charge in [-0.15, -0.1) is 11.8 Å². The summed E-state index contributed by atoms with van der Waals surface area (Å²) < 4.78 is 46.8. The predicted octanol–water partition coefficient (Wildman–Crippen LogP) is 5.66. The minimum atomic E-state index is -4.48. The van der Waals surface area contributed by atoms with Gasteiger partial charge in [-0.2, -0.15) is 13.2 Å². The molecule has 2 aromatic carbocycles. The number of aliphatic hydroxyl groups is 1. The Morgan fingerprint density at radius 1 is 1.03 bits per heavy atom. The lowest BCUT2D eigenvalue weighted by Crippen LogP contribution is -2.38. The molecule has 0 saturated carbocycles. The number of esters is 1. The summed E-state index contributed by atoms with van der Waals surface area (Å²) in [6.07, 6.45) is -4.48. The lowest BCUT2D eigenvalue weighted by molar-refractivity contribution is -0.153. The Morgan fingerprint density at radius 3 is 2.06 bits per heavy atom. The summed E-state index contributed by atoms with van der Waals surface area (Å²) in [6.45, 7) is 6.96. The highest BCUT2D eigenvalue weighted by molar-refractivity contribution is 8.00. The molecular formula is C26H31F3O5S. The Hall–Kier alpha value is -2.52. The van der Waals surface area contributed by atoms with Crippen molar-refractivity contribution in [2.45, 2.75) is 63.8 Å². The quantitative estimate of drug-likeness (QED) is 0.309. The van der Waals surface area contributed by atoms with Gasteiger partial charge in [0, 0.05) is 5.75 Å². The minimum absolute atomic E-state index is 0.0103. The van der Waals surface area contributed by atoms with E-state index in [2.05, 4.69) is 0 Å². The van der Waals surface area contributed by atoms with E-state index >= 15 is 0 Å². The molecule has 0 fully saturated rings. The Balaban J connectivity index is 2.34. The number of Topliss-reactive ketones (excluding diaryl/α,β-unsaturated/α-hetero) is 1. The lowest BCUT2D eigenvalue weighted by atomic mass is 9.83. The Bertz CT molecular complexity index is 1010. The van der Waals surface area contributed by atoms with E-state index in [-0.39, 0.29) is 24.7 Å². The van der Waals surface area contributed by atoms with E-state index < -0.39 is 29.4 Å². The van der Waals surface area contributed by atoms with Gasteiger partial charge in [-0.05, 0) is 74.6 Å². The van der Waals surface area contributed by atoms with Gasteiger partial charge in [-0.25, -0.2) is 0 Å². The fraction of sp³-hybridized carbons (Fsp3) is 0.462. The van der Waals surface area contributed by atoms with Crippen LogP contribution in [0.4, 0.5) is 13.2 Å².